The van der Waals surface area contributed by atoms with Gasteiger partial charge < -0.3 is 9.47 Å². The summed E-state index contributed by atoms with van der Waals surface area (Å²) >= 11 is 0. The zero-order chi connectivity index (χ0) is 20.3. The molecule has 0 atom stereocenters. The number of ether oxygens (including phenoxy) is 2. The van der Waals surface area contributed by atoms with Gasteiger partial charge in [-0.05, 0) is 70.7 Å². The van der Waals surface area contributed by atoms with Crippen LogP contribution >= 0.6 is 0 Å². The molecule has 0 aromatic heterocycles. The Morgan fingerprint density at radius 3 is 1.31 bits per heavy atom. The molecule has 1 rings (SSSR count). The van der Waals surface area contributed by atoms with Gasteiger partial charge in [0.2, 0.25) is 0 Å². The number of carbonyl (C=O) groups is 2. The highest BCUT2D eigenvalue weighted by Gasteiger charge is 2.21. The van der Waals surface area contributed by atoms with Crippen LogP contribution in [0.2, 0.25) is 0 Å². The second-order valence-electron chi connectivity index (χ2n) is 9.30. The van der Waals surface area contributed by atoms with Crippen molar-refractivity contribution in [2.75, 3.05) is 10.6 Å². The van der Waals surface area contributed by atoms with E-state index in [2.05, 4.69) is 31.4 Å². The summed E-state index contributed by atoms with van der Waals surface area (Å²) in [6.07, 6.45) is -1.10. The first kappa shape index (κ1) is 21.8. The normalized spacial score (nSPS) is 12.3. The van der Waals surface area contributed by atoms with Gasteiger partial charge in [0.05, 0.1) is 0 Å². The molecule has 26 heavy (non-hydrogen) atoms. The Morgan fingerprint density at radius 1 is 0.692 bits per heavy atom. The molecular weight excluding hydrogens is 332 g/mol. The molecule has 2 amide bonds. The smallest absolute Gasteiger partial charge is 0.412 e. The number of anilines is 2. The number of amides is 2. The Balaban J connectivity index is 3.08. The van der Waals surface area contributed by atoms with Crippen LogP contribution < -0.4 is 10.6 Å². The highest BCUT2D eigenvalue weighted by molar-refractivity contribution is 5.89. The van der Waals surface area contributed by atoms with Crippen molar-refractivity contribution < 1.29 is 19.1 Å². The molecule has 1 aromatic rings. The molecule has 0 bridgehead atoms. The van der Waals surface area contributed by atoms with Crippen LogP contribution in [0.3, 0.4) is 0 Å². The second-order valence-corrected chi connectivity index (χ2v) is 9.30. The molecule has 6 nitrogen and oxygen atoms in total. The van der Waals surface area contributed by atoms with Gasteiger partial charge in [0.1, 0.15) is 11.2 Å². The predicted octanol–water partition coefficient (Wildman–Crippen LogP) is 5.68. The van der Waals surface area contributed by atoms with Crippen LogP contribution in [0.4, 0.5) is 21.0 Å². The average Bonchev–Trinajstić information content (AvgIpc) is 2.31. The van der Waals surface area contributed by atoms with Crippen molar-refractivity contribution in [1.82, 2.24) is 0 Å². The maximum atomic E-state index is 12.1. The van der Waals surface area contributed by atoms with Crippen LogP contribution in [0.15, 0.2) is 18.2 Å². The Hall–Kier alpha value is -2.24. The molecule has 0 saturated carbocycles. The summed E-state index contributed by atoms with van der Waals surface area (Å²) in [6.45, 7) is 17.0. The van der Waals surface area contributed by atoms with Gasteiger partial charge in [-0.15, -0.1) is 0 Å². The quantitative estimate of drug-likeness (QED) is 0.708. The van der Waals surface area contributed by atoms with E-state index in [0.29, 0.717) is 11.4 Å². The third-order valence-corrected chi connectivity index (χ3v) is 3.09. The van der Waals surface area contributed by atoms with Gasteiger partial charge in [-0.2, -0.15) is 0 Å². The molecule has 0 saturated heterocycles. The van der Waals surface area contributed by atoms with Crippen molar-refractivity contribution >= 4 is 23.6 Å². The number of nitrogens with one attached hydrogen (secondary N) is 2. The van der Waals surface area contributed by atoms with Gasteiger partial charge in [-0.1, -0.05) is 20.8 Å². The topological polar surface area (TPSA) is 76.7 Å². The SMILES string of the molecule is CC(C)(C)OC(=O)Nc1cc(NC(=O)OC(C)(C)C)cc(C(C)(C)C)c1. The summed E-state index contributed by atoms with van der Waals surface area (Å²) in [5, 5.41) is 5.44. The zero-order valence-electron chi connectivity index (χ0n) is 17.4. The van der Waals surface area contributed by atoms with Crippen LogP contribution in [0.5, 0.6) is 0 Å². The van der Waals surface area contributed by atoms with Gasteiger partial charge >= 0.3 is 12.2 Å². The molecule has 2 N–H and O–H groups in total. The van der Waals surface area contributed by atoms with Crippen LogP contribution in [-0.2, 0) is 14.9 Å². The molecular formula is C20H32N2O4. The molecule has 0 radical (unpaired) electrons. The fraction of sp³-hybridized carbons (Fsp3) is 0.600. The van der Waals surface area contributed by atoms with E-state index in [9.17, 15) is 9.59 Å². The zero-order valence-corrected chi connectivity index (χ0v) is 17.4. The predicted molar refractivity (Wildman–Crippen MR) is 105 cm³/mol. The largest absolute Gasteiger partial charge is 0.444 e. The van der Waals surface area contributed by atoms with E-state index >= 15 is 0 Å². The van der Waals surface area contributed by atoms with E-state index in [-0.39, 0.29) is 5.41 Å². The number of carbonyl (C=O) groups excluding carboxylic acids is 2. The summed E-state index contributed by atoms with van der Waals surface area (Å²) in [5.74, 6) is 0. The lowest BCUT2D eigenvalue weighted by molar-refractivity contribution is 0.0625. The number of hydrogen-bond acceptors (Lipinski definition) is 4. The average molecular weight is 364 g/mol. The van der Waals surface area contributed by atoms with E-state index in [1.807, 2.05) is 12.1 Å². The minimum Gasteiger partial charge on any atom is -0.444 e. The van der Waals surface area contributed by atoms with E-state index in [1.54, 1.807) is 47.6 Å². The standard InChI is InChI=1S/C20H32N2O4/c1-18(2,3)13-10-14(21-16(23)25-19(4,5)6)12-15(11-13)22-17(24)26-20(7,8)9/h10-12H,1-9H3,(H,21,23)(H,22,24). The maximum Gasteiger partial charge on any atom is 0.412 e. The summed E-state index contributed by atoms with van der Waals surface area (Å²) in [6, 6.07) is 5.40. The molecule has 0 aliphatic rings. The first-order chi connectivity index (χ1) is 11.5. The fourth-order valence-electron chi connectivity index (χ4n) is 2.05. The summed E-state index contributed by atoms with van der Waals surface area (Å²) in [7, 11) is 0. The van der Waals surface area contributed by atoms with Crippen molar-refractivity contribution in [3.05, 3.63) is 23.8 Å². The highest BCUT2D eigenvalue weighted by Crippen LogP contribution is 2.29. The minimum absolute atomic E-state index is 0.171. The second kappa shape index (κ2) is 7.56. The molecule has 6 heteroatoms. The lowest BCUT2D eigenvalue weighted by Gasteiger charge is -2.24. The van der Waals surface area contributed by atoms with E-state index in [0.717, 1.165) is 5.56 Å². The van der Waals surface area contributed by atoms with Crippen molar-refractivity contribution in [3.8, 4) is 0 Å². The lowest BCUT2D eigenvalue weighted by Crippen LogP contribution is -2.28. The van der Waals surface area contributed by atoms with E-state index < -0.39 is 23.4 Å². The maximum absolute atomic E-state index is 12.1. The molecule has 0 aliphatic carbocycles. The monoisotopic (exact) mass is 364 g/mol. The molecule has 0 unspecified atom stereocenters. The van der Waals surface area contributed by atoms with Crippen LogP contribution in [0.25, 0.3) is 0 Å². The Kier molecular flexibility index (Phi) is 6.34. The fourth-order valence-corrected chi connectivity index (χ4v) is 2.05. The molecule has 0 heterocycles. The summed E-state index contributed by atoms with van der Waals surface area (Å²) in [5.41, 5.74) is 0.676. The summed E-state index contributed by atoms with van der Waals surface area (Å²) in [4.78, 5) is 24.1. The van der Waals surface area contributed by atoms with E-state index in [1.165, 1.54) is 0 Å². The number of hydrogen-bond donors (Lipinski definition) is 2. The van der Waals surface area contributed by atoms with Crippen LogP contribution in [-0.4, -0.2) is 23.4 Å². The van der Waals surface area contributed by atoms with Gasteiger partial charge in [0, 0.05) is 11.4 Å². The minimum atomic E-state index is -0.594. The third-order valence-electron chi connectivity index (χ3n) is 3.09. The molecule has 146 valence electrons. The van der Waals surface area contributed by atoms with Gasteiger partial charge in [-0.3, -0.25) is 10.6 Å². The highest BCUT2D eigenvalue weighted by atomic mass is 16.6. The molecule has 0 spiro atoms. The number of benzene rings is 1. The molecule has 0 aliphatic heterocycles. The lowest BCUT2D eigenvalue weighted by atomic mass is 9.86. The van der Waals surface area contributed by atoms with Crippen LogP contribution in [0, 0.1) is 0 Å². The number of rotatable bonds is 2. The van der Waals surface area contributed by atoms with Gasteiger partial charge in [0.25, 0.3) is 0 Å². The Morgan fingerprint density at radius 2 is 1.04 bits per heavy atom. The first-order valence-electron chi connectivity index (χ1n) is 8.71. The summed E-state index contributed by atoms with van der Waals surface area (Å²) < 4.78 is 10.6. The third kappa shape index (κ3) is 8.23. The first-order valence-corrected chi connectivity index (χ1v) is 8.71. The molecule has 1 aromatic carbocycles. The van der Waals surface area contributed by atoms with E-state index in [4.69, 9.17) is 9.47 Å². The van der Waals surface area contributed by atoms with Crippen molar-refractivity contribution in [1.29, 1.82) is 0 Å². The molecule has 0 fully saturated rings. The van der Waals surface area contributed by atoms with Gasteiger partial charge in [0.15, 0.2) is 0 Å². The Bertz CT molecular complexity index is 614. The Labute approximate surface area is 156 Å². The van der Waals surface area contributed by atoms with Crippen LogP contribution in [0.1, 0.15) is 67.9 Å². The van der Waals surface area contributed by atoms with Gasteiger partial charge in [-0.25, -0.2) is 9.59 Å². The van der Waals surface area contributed by atoms with Crippen molar-refractivity contribution in [3.63, 3.8) is 0 Å². The van der Waals surface area contributed by atoms with Crippen molar-refractivity contribution in [2.24, 2.45) is 0 Å². The van der Waals surface area contributed by atoms with Crippen molar-refractivity contribution in [2.45, 2.75) is 78.9 Å².